The van der Waals surface area contributed by atoms with Crippen molar-refractivity contribution < 1.29 is 23.7 Å². The molecule has 0 aliphatic heterocycles. The number of carbonyl (C=O) groups is 1. The third kappa shape index (κ3) is 4.14. The van der Waals surface area contributed by atoms with Crippen molar-refractivity contribution in [2.75, 3.05) is 28.4 Å². The highest BCUT2D eigenvalue weighted by Crippen LogP contribution is 2.42. The van der Waals surface area contributed by atoms with E-state index in [1.807, 2.05) is 12.1 Å². The Hall–Kier alpha value is -2.53. The fourth-order valence-corrected chi connectivity index (χ4v) is 4.09. The number of hydrogen-bond donors (Lipinski definition) is 0. The van der Waals surface area contributed by atoms with Crippen LogP contribution in [0.3, 0.4) is 0 Å². The monoisotopic (exact) mass is 384 g/mol. The molecule has 0 spiro atoms. The number of methoxy groups -OCH3 is 4. The molecule has 3 atom stereocenters. The highest BCUT2D eigenvalue weighted by molar-refractivity contribution is 6.01. The third-order valence-electron chi connectivity index (χ3n) is 5.69. The van der Waals surface area contributed by atoms with Gasteiger partial charge in [-0.2, -0.15) is 0 Å². The van der Waals surface area contributed by atoms with Crippen LogP contribution in [0.5, 0.6) is 17.2 Å². The van der Waals surface area contributed by atoms with Crippen molar-refractivity contribution in [1.82, 2.24) is 0 Å². The first-order valence-corrected chi connectivity index (χ1v) is 9.54. The van der Waals surface area contributed by atoms with Gasteiger partial charge >= 0.3 is 0 Å². The van der Waals surface area contributed by atoms with Crippen LogP contribution < -0.4 is 14.2 Å². The molecule has 1 aliphatic rings. The molecule has 0 saturated heterocycles. The number of Topliss-reactive ketones (excluding diaryl/α,β-unsaturated/α-hetero) is 1. The standard InChI is InChI=1S/C23H28O5/c1-25-16-7-5-15(6-8-16)19-11-9-17(26-2)13-20(19)23(24)21-14-18(27-3)10-12-22(21)28-4/h5-8,10,12,14,17,19-20H,9,11,13H2,1-4H3. The van der Waals surface area contributed by atoms with Crippen molar-refractivity contribution in [3.8, 4) is 17.2 Å². The highest BCUT2D eigenvalue weighted by atomic mass is 16.5. The second kappa shape index (κ2) is 9.11. The zero-order chi connectivity index (χ0) is 20.1. The molecule has 3 unspecified atom stereocenters. The number of ether oxygens (including phenoxy) is 4. The minimum Gasteiger partial charge on any atom is -0.497 e. The zero-order valence-corrected chi connectivity index (χ0v) is 16.9. The van der Waals surface area contributed by atoms with Crippen molar-refractivity contribution >= 4 is 5.78 Å². The summed E-state index contributed by atoms with van der Waals surface area (Å²) < 4.78 is 21.7. The lowest BCUT2D eigenvalue weighted by molar-refractivity contribution is 0.0388. The van der Waals surface area contributed by atoms with E-state index in [0.29, 0.717) is 23.5 Å². The summed E-state index contributed by atoms with van der Waals surface area (Å²) in [5.41, 5.74) is 1.71. The van der Waals surface area contributed by atoms with Gasteiger partial charge in [-0.05, 0) is 61.1 Å². The molecule has 1 saturated carbocycles. The molecule has 1 fully saturated rings. The molecule has 150 valence electrons. The van der Waals surface area contributed by atoms with Crippen molar-refractivity contribution in [3.63, 3.8) is 0 Å². The molecular weight excluding hydrogens is 356 g/mol. The van der Waals surface area contributed by atoms with E-state index < -0.39 is 0 Å². The summed E-state index contributed by atoms with van der Waals surface area (Å²) in [5.74, 6) is 2.03. The smallest absolute Gasteiger partial charge is 0.170 e. The van der Waals surface area contributed by atoms with E-state index in [0.717, 1.165) is 24.2 Å². The molecule has 0 bridgehead atoms. The molecule has 1 aliphatic carbocycles. The lowest BCUT2D eigenvalue weighted by Gasteiger charge is -2.35. The minimum atomic E-state index is -0.187. The summed E-state index contributed by atoms with van der Waals surface area (Å²) >= 11 is 0. The summed E-state index contributed by atoms with van der Waals surface area (Å²) in [5, 5.41) is 0. The van der Waals surface area contributed by atoms with Crippen LogP contribution in [0.1, 0.15) is 41.1 Å². The van der Waals surface area contributed by atoms with E-state index in [2.05, 4.69) is 12.1 Å². The summed E-state index contributed by atoms with van der Waals surface area (Å²) in [4.78, 5) is 13.6. The van der Waals surface area contributed by atoms with E-state index in [9.17, 15) is 4.79 Å². The van der Waals surface area contributed by atoms with E-state index in [1.54, 1.807) is 46.6 Å². The van der Waals surface area contributed by atoms with Crippen LogP contribution in [-0.4, -0.2) is 40.3 Å². The van der Waals surface area contributed by atoms with Gasteiger partial charge in [-0.25, -0.2) is 0 Å². The molecule has 0 amide bonds. The Labute approximate surface area is 166 Å². The number of rotatable bonds is 7. The summed E-state index contributed by atoms with van der Waals surface area (Å²) in [7, 11) is 6.54. The first-order valence-electron chi connectivity index (χ1n) is 9.54. The fourth-order valence-electron chi connectivity index (χ4n) is 4.09. The van der Waals surface area contributed by atoms with Gasteiger partial charge in [-0.15, -0.1) is 0 Å². The van der Waals surface area contributed by atoms with Crippen LogP contribution in [0.2, 0.25) is 0 Å². The Bertz CT molecular complexity index is 799. The Morgan fingerprint density at radius 2 is 1.54 bits per heavy atom. The van der Waals surface area contributed by atoms with Gasteiger partial charge in [-0.3, -0.25) is 4.79 Å². The van der Waals surface area contributed by atoms with Gasteiger partial charge in [0, 0.05) is 13.0 Å². The Morgan fingerprint density at radius 1 is 0.857 bits per heavy atom. The first kappa shape index (κ1) is 20.2. The van der Waals surface area contributed by atoms with Crippen LogP contribution >= 0.6 is 0 Å². The van der Waals surface area contributed by atoms with Gasteiger partial charge in [-0.1, -0.05) is 12.1 Å². The zero-order valence-electron chi connectivity index (χ0n) is 16.9. The molecular formula is C23H28O5. The lowest BCUT2D eigenvalue weighted by Crippen LogP contribution is -2.33. The maximum Gasteiger partial charge on any atom is 0.170 e. The number of hydrogen-bond acceptors (Lipinski definition) is 5. The normalized spacial score (nSPS) is 21.8. The molecule has 5 nitrogen and oxygen atoms in total. The summed E-state index contributed by atoms with van der Waals surface area (Å²) in [6, 6.07) is 13.4. The van der Waals surface area contributed by atoms with Crippen molar-refractivity contribution in [2.24, 2.45) is 5.92 Å². The summed E-state index contributed by atoms with van der Waals surface area (Å²) in [6.07, 6.45) is 2.60. The van der Waals surface area contributed by atoms with Crippen LogP contribution in [0.25, 0.3) is 0 Å². The maximum atomic E-state index is 13.6. The molecule has 2 aromatic carbocycles. The molecule has 28 heavy (non-hydrogen) atoms. The van der Waals surface area contributed by atoms with Crippen LogP contribution in [0, 0.1) is 5.92 Å². The molecule has 0 aromatic heterocycles. The van der Waals surface area contributed by atoms with E-state index >= 15 is 0 Å². The van der Waals surface area contributed by atoms with Gasteiger partial charge in [0.1, 0.15) is 17.2 Å². The van der Waals surface area contributed by atoms with E-state index in [1.165, 1.54) is 0 Å². The van der Waals surface area contributed by atoms with Crippen LogP contribution in [-0.2, 0) is 4.74 Å². The molecule has 0 heterocycles. The van der Waals surface area contributed by atoms with Crippen LogP contribution in [0.15, 0.2) is 42.5 Å². The fraction of sp³-hybridized carbons (Fsp3) is 0.435. The third-order valence-corrected chi connectivity index (χ3v) is 5.69. The Kier molecular flexibility index (Phi) is 6.57. The first-order chi connectivity index (χ1) is 13.6. The second-order valence-electron chi connectivity index (χ2n) is 7.09. The predicted molar refractivity (Wildman–Crippen MR) is 108 cm³/mol. The van der Waals surface area contributed by atoms with Gasteiger partial charge in [0.25, 0.3) is 0 Å². The minimum absolute atomic E-state index is 0.0679. The van der Waals surface area contributed by atoms with Gasteiger partial charge in [0.05, 0.1) is 33.0 Å². The predicted octanol–water partition coefficient (Wildman–Crippen LogP) is 4.49. The highest BCUT2D eigenvalue weighted by Gasteiger charge is 2.37. The van der Waals surface area contributed by atoms with Crippen molar-refractivity contribution in [3.05, 3.63) is 53.6 Å². The Morgan fingerprint density at radius 3 is 2.14 bits per heavy atom. The number of benzene rings is 2. The topological polar surface area (TPSA) is 54.0 Å². The average molecular weight is 384 g/mol. The van der Waals surface area contributed by atoms with Crippen LogP contribution in [0.4, 0.5) is 0 Å². The lowest BCUT2D eigenvalue weighted by atomic mass is 9.71. The van der Waals surface area contributed by atoms with Gasteiger partial charge < -0.3 is 18.9 Å². The van der Waals surface area contributed by atoms with Crippen molar-refractivity contribution in [1.29, 1.82) is 0 Å². The van der Waals surface area contributed by atoms with E-state index in [4.69, 9.17) is 18.9 Å². The molecule has 0 radical (unpaired) electrons. The Balaban J connectivity index is 1.97. The molecule has 5 heteroatoms. The largest absolute Gasteiger partial charge is 0.497 e. The molecule has 2 aromatic rings. The molecule has 3 rings (SSSR count). The average Bonchev–Trinajstić information content (AvgIpc) is 2.77. The second-order valence-corrected chi connectivity index (χ2v) is 7.09. The number of ketones is 1. The van der Waals surface area contributed by atoms with E-state index in [-0.39, 0.29) is 23.7 Å². The summed E-state index contributed by atoms with van der Waals surface area (Å²) in [6.45, 7) is 0. The van der Waals surface area contributed by atoms with Crippen molar-refractivity contribution in [2.45, 2.75) is 31.3 Å². The molecule has 0 N–H and O–H groups in total. The SMILES string of the molecule is COc1ccc(C2CCC(OC)CC2C(=O)c2cc(OC)ccc2OC)cc1. The number of carbonyl (C=O) groups excluding carboxylic acids is 1. The maximum absolute atomic E-state index is 13.6. The quantitative estimate of drug-likeness (QED) is 0.658. The van der Waals surface area contributed by atoms with Gasteiger partial charge in [0.2, 0.25) is 0 Å². The van der Waals surface area contributed by atoms with Gasteiger partial charge in [0.15, 0.2) is 5.78 Å².